The third kappa shape index (κ3) is 3.99. The Kier molecular flexibility index (Phi) is 5.26. The Balaban J connectivity index is 2.34. The summed E-state index contributed by atoms with van der Waals surface area (Å²) in [5.74, 6) is -0.389. The number of carbonyl (C=O) groups is 1. The van der Waals surface area contributed by atoms with Crippen LogP contribution in [-0.2, 0) is 9.53 Å². The van der Waals surface area contributed by atoms with Gasteiger partial charge in [-0.2, -0.15) is 0 Å². The van der Waals surface area contributed by atoms with E-state index in [1.165, 1.54) is 7.11 Å². The predicted molar refractivity (Wildman–Crippen MR) is 88.7 cm³/mol. The fourth-order valence-electron chi connectivity index (χ4n) is 1.93. The second kappa shape index (κ2) is 6.96. The number of hydrogen-bond donors (Lipinski definition) is 1. The number of ether oxygens (including phenoxy) is 1. The zero-order chi connectivity index (χ0) is 15.4. The van der Waals surface area contributed by atoms with Crippen molar-refractivity contribution in [2.75, 3.05) is 12.4 Å². The molecule has 1 N–H and O–H groups in total. The molecule has 0 spiro atoms. The third-order valence-corrected chi connectivity index (χ3v) is 3.89. The van der Waals surface area contributed by atoms with Crippen molar-refractivity contribution in [3.63, 3.8) is 0 Å². The molecule has 0 aliphatic carbocycles. The van der Waals surface area contributed by atoms with E-state index in [4.69, 9.17) is 16.3 Å². The molecule has 0 amide bonds. The molecule has 0 saturated heterocycles. The van der Waals surface area contributed by atoms with Gasteiger partial charge < -0.3 is 10.1 Å². The number of esters is 1. The highest BCUT2D eigenvalue weighted by Gasteiger charge is 2.23. The monoisotopic (exact) mass is 367 g/mol. The quantitative estimate of drug-likeness (QED) is 0.792. The average Bonchev–Trinajstić information content (AvgIpc) is 2.47. The Morgan fingerprint density at radius 2 is 1.90 bits per heavy atom. The summed E-state index contributed by atoms with van der Waals surface area (Å²) < 4.78 is 5.73. The highest BCUT2D eigenvalue weighted by atomic mass is 79.9. The van der Waals surface area contributed by atoms with E-state index in [0.717, 1.165) is 15.7 Å². The van der Waals surface area contributed by atoms with Crippen LogP contribution >= 0.6 is 27.5 Å². The van der Waals surface area contributed by atoms with Gasteiger partial charge in [-0.15, -0.1) is 0 Å². The molecule has 1 unspecified atom stereocenters. The number of benzene rings is 2. The van der Waals surface area contributed by atoms with Crippen LogP contribution in [0.3, 0.4) is 0 Å². The molecular weight excluding hydrogens is 354 g/mol. The van der Waals surface area contributed by atoms with Crippen LogP contribution in [-0.4, -0.2) is 13.1 Å². The zero-order valence-electron chi connectivity index (χ0n) is 11.7. The molecule has 3 nitrogen and oxygen atoms in total. The topological polar surface area (TPSA) is 38.3 Å². The molecule has 0 bridgehead atoms. The summed E-state index contributed by atoms with van der Waals surface area (Å²) in [6.07, 6.45) is 0. The van der Waals surface area contributed by atoms with Gasteiger partial charge in [-0.1, -0.05) is 51.3 Å². The highest BCUT2D eigenvalue weighted by molar-refractivity contribution is 9.10. The third-order valence-electron chi connectivity index (χ3n) is 3.07. The maximum atomic E-state index is 12.1. The average molecular weight is 369 g/mol. The standard InChI is InChI=1S/C16H15BrClNO2/c1-10-3-6-12(7-4-10)19-15(16(20)21-2)13-8-5-11(17)9-14(13)18/h3-9,15,19H,1-2H3. The Hall–Kier alpha value is -1.52. The number of methoxy groups -OCH3 is 1. The molecule has 0 saturated carbocycles. The van der Waals surface area contributed by atoms with Crippen molar-refractivity contribution < 1.29 is 9.53 Å². The summed E-state index contributed by atoms with van der Waals surface area (Å²) in [6.45, 7) is 2.01. The molecule has 0 aliphatic heterocycles. The van der Waals surface area contributed by atoms with Crippen LogP contribution in [0.4, 0.5) is 5.69 Å². The van der Waals surface area contributed by atoms with Gasteiger partial charge in [0.1, 0.15) is 0 Å². The van der Waals surface area contributed by atoms with Crippen LogP contribution in [0.15, 0.2) is 46.9 Å². The van der Waals surface area contributed by atoms with Gasteiger partial charge in [-0.3, -0.25) is 0 Å². The predicted octanol–water partition coefficient (Wildman–Crippen LogP) is 4.74. The van der Waals surface area contributed by atoms with Crippen molar-refractivity contribution >= 4 is 39.2 Å². The van der Waals surface area contributed by atoms with E-state index in [2.05, 4.69) is 21.2 Å². The summed E-state index contributed by atoms with van der Waals surface area (Å²) in [5.41, 5.74) is 2.65. The van der Waals surface area contributed by atoms with E-state index >= 15 is 0 Å². The molecular formula is C16H15BrClNO2. The van der Waals surface area contributed by atoms with Gasteiger partial charge in [-0.25, -0.2) is 4.79 Å². The molecule has 5 heteroatoms. The number of rotatable bonds is 4. The lowest BCUT2D eigenvalue weighted by Gasteiger charge is -2.19. The van der Waals surface area contributed by atoms with Gasteiger partial charge in [0.25, 0.3) is 0 Å². The summed E-state index contributed by atoms with van der Waals surface area (Å²) in [5, 5.41) is 3.66. The van der Waals surface area contributed by atoms with Crippen LogP contribution in [0, 0.1) is 6.92 Å². The number of carbonyl (C=O) groups excluding carboxylic acids is 1. The molecule has 21 heavy (non-hydrogen) atoms. The van der Waals surface area contributed by atoms with E-state index in [0.29, 0.717) is 10.6 Å². The van der Waals surface area contributed by atoms with Gasteiger partial charge in [-0.05, 0) is 31.2 Å². The SMILES string of the molecule is COC(=O)C(Nc1ccc(C)cc1)c1ccc(Br)cc1Cl. The summed E-state index contributed by atoms with van der Waals surface area (Å²) in [7, 11) is 1.36. The van der Waals surface area contributed by atoms with E-state index < -0.39 is 6.04 Å². The molecule has 2 aromatic rings. The lowest BCUT2D eigenvalue weighted by atomic mass is 10.1. The van der Waals surface area contributed by atoms with Crippen molar-refractivity contribution in [1.82, 2.24) is 0 Å². The Morgan fingerprint density at radius 1 is 1.24 bits per heavy atom. The van der Waals surface area contributed by atoms with Gasteiger partial charge in [0.15, 0.2) is 6.04 Å². The lowest BCUT2D eigenvalue weighted by molar-refractivity contribution is -0.141. The highest BCUT2D eigenvalue weighted by Crippen LogP contribution is 2.29. The Bertz CT molecular complexity index is 643. The van der Waals surface area contributed by atoms with Gasteiger partial charge in [0.2, 0.25) is 0 Å². The molecule has 110 valence electrons. The van der Waals surface area contributed by atoms with Crippen molar-refractivity contribution in [3.8, 4) is 0 Å². The largest absolute Gasteiger partial charge is 0.467 e. The fraction of sp³-hybridized carbons (Fsp3) is 0.188. The minimum absolute atomic E-state index is 0.389. The minimum Gasteiger partial charge on any atom is -0.467 e. The summed E-state index contributed by atoms with van der Waals surface area (Å²) in [4.78, 5) is 12.1. The van der Waals surface area contributed by atoms with E-state index in [1.54, 1.807) is 12.1 Å². The normalized spacial score (nSPS) is 11.8. The second-order valence-electron chi connectivity index (χ2n) is 4.63. The molecule has 2 rings (SSSR count). The molecule has 1 atom stereocenters. The molecule has 0 aromatic heterocycles. The first-order valence-corrected chi connectivity index (χ1v) is 7.54. The Labute approximate surface area is 137 Å². The van der Waals surface area contributed by atoms with E-state index in [1.807, 2.05) is 37.3 Å². The number of aryl methyl sites for hydroxylation is 1. The van der Waals surface area contributed by atoms with Crippen molar-refractivity contribution in [2.24, 2.45) is 0 Å². The first kappa shape index (κ1) is 15.9. The maximum Gasteiger partial charge on any atom is 0.333 e. The van der Waals surface area contributed by atoms with Crippen LogP contribution in [0.5, 0.6) is 0 Å². The first-order chi connectivity index (χ1) is 10.0. The number of anilines is 1. The fourth-order valence-corrected chi connectivity index (χ4v) is 2.72. The summed E-state index contributed by atoms with van der Waals surface area (Å²) in [6, 6.07) is 12.5. The molecule has 0 aliphatic rings. The lowest BCUT2D eigenvalue weighted by Crippen LogP contribution is -2.22. The van der Waals surface area contributed by atoms with Crippen molar-refractivity contribution in [1.29, 1.82) is 0 Å². The van der Waals surface area contributed by atoms with Crippen LogP contribution in [0.1, 0.15) is 17.2 Å². The zero-order valence-corrected chi connectivity index (χ0v) is 14.0. The molecule has 0 fully saturated rings. The summed E-state index contributed by atoms with van der Waals surface area (Å²) >= 11 is 9.59. The van der Waals surface area contributed by atoms with E-state index in [-0.39, 0.29) is 5.97 Å². The van der Waals surface area contributed by atoms with Gasteiger partial charge in [0, 0.05) is 20.7 Å². The van der Waals surface area contributed by atoms with Crippen molar-refractivity contribution in [3.05, 3.63) is 63.1 Å². The second-order valence-corrected chi connectivity index (χ2v) is 5.96. The molecule has 0 heterocycles. The molecule has 2 aromatic carbocycles. The maximum absolute atomic E-state index is 12.1. The number of hydrogen-bond acceptors (Lipinski definition) is 3. The van der Waals surface area contributed by atoms with Gasteiger partial charge >= 0.3 is 5.97 Å². The van der Waals surface area contributed by atoms with E-state index in [9.17, 15) is 4.79 Å². The number of halogens is 2. The van der Waals surface area contributed by atoms with Crippen LogP contribution < -0.4 is 5.32 Å². The van der Waals surface area contributed by atoms with Crippen molar-refractivity contribution in [2.45, 2.75) is 13.0 Å². The Morgan fingerprint density at radius 3 is 2.48 bits per heavy atom. The number of nitrogens with one attached hydrogen (secondary N) is 1. The molecule has 0 radical (unpaired) electrons. The smallest absolute Gasteiger partial charge is 0.333 e. The van der Waals surface area contributed by atoms with Crippen LogP contribution in [0.2, 0.25) is 5.02 Å². The van der Waals surface area contributed by atoms with Gasteiger partial charge in [0.05, 0.1) is 7.11 Å². The van der Waals surface area contributed by atoms with Crippen LogP contribution in [0.25, 0.3) is 0 Å². The first-order valence-electron chi connectivity index (χ1n) is 6.37. The minimum atomic E-state index is -0.654.